The Kier molecular flexibility index (Phi) is 12.0. The third kappa shape index (κ3) is 7.73. The van der Waals surface area contributed by atoms with E-state index in [1.807, 2.05) is 0 Å². The first kappa shape index (κ1) is 32.7. The number of hydrogen-bond acceptors (Lipinski definition) is 12. The second-order valence-corrected chi connectivity index (χ2v) is 9.35. The Morgan fingerprint density at radius 3 is 1.45 bits per heavy atom. The van der Waals surface area contributed by atoms with Crippen molar-refractivity contribution < 1.29 is 59.4 Å². The molecule has 0 spiro atoms. The van der Waals surface area contributed by atoms with Gasteiger partial charge in [-0.25, -0.2) is 0 Å². The molecule has 0 bridgehead atoms. The van der Waals surface area contributed by atoms with Crippen molar-refractivity contribution in [3.05, 3.63) is 71.3 Å². The molecule has 0 amide bonds. The fourth-order valence-corrected chi connectivity index (χ4v) is 4.28. The molecule has 42 heavy (non-hydrogen) atoms. The van der Waals surface area contributed by atoms with Crippen molar-refractivity contribution in [2.24, 2.45) is 0 Å². The van der Waals surface area contributed by atoms with Gasteiger partial charge in [0.1, 0.15) is 12.2 Å². The Labute approximate surface area is 243 Å². The lowest BCUT2D eigenvalue weighted by molar-refractivity contribution is -0.00269. The molecule has 0 unspecified atom stereocenters. The van der Waals surface area contributed by atoms with E-state index in [-0.39, 0.29) is 47.5 Å². The molecule has 3 rings (SSSR count). The molecule has 0 heterocycles. The highest BCUT2D eigenvalue weighted by Gasteiger charge is 2.28. The van der Waals surface area contributed by atoms with E-state index in [9.17, 15) is 30.6 Å². The van der Waals surface area contributed by atoms with Gasteiger partial charge in [0.25, 0.3) is 0 Å². The summed E-state index contributed by atoms with van der Waals surface area (Å²) in [4.78, 5) is 0. The molecule has 0 aliphatic heterocycles. The number of phenols is 1. The van der Waals surface area contributed by atoms with Gasteiger partial charge in [-0.05, 0) is 53.1 Å². The number of hydrogen-bond donors (Lipinski definition) is 7. The SMILES string of the molecule is COc1cc([C@H](O)[C@@H](CO)Oc2ccc([C@H](O)[C@@H](CO)Oc3ccc([C@@H](O)CCO)cc3OC)cc2OC)ccc1O. The number of aromatic hydroxyl groups is 1. The van der Waals surface area contributed by atoms with E-state index in [0.717, 1.165) is 0 Å². The molecule has 0 aliphatic rings. The minimum absolute atomic E-state index is 0.108. The number of methoxy groups -OCH3 is 3. The lowest BCUT2D eigenvalue weighted by Gasteiger charge is -2.26. The highest BCUT2D eigenvalue weighted by atomic mass is 16.5. The first-order chi connectivity index (χ1) is 20.2. The molecule has 12 nitrogen and oxygen atoms in total. The summed E-state index contributed by atoms with van der Waals surface area (Å²) in [7, 11) is 4.16. The van der Waals surface area contributed by atoms with Gasteiger partial charge in [0.05, 0.1) is 40.6 Å². The van der Waals surface area contributed by atoms with E-state index in [4.69, 9.17) is 28.8 Å². The molecule has 0 radical (unpaired) electrons. The van der Waals surface area contributed by atoms with Gasteiger partial charge in [0.15, 0.2) is 46.7 Å². The van der Waals surface area contributed by atoms with Crippen LogP contribution in [0.5, 0.6) is 34.5 Å². The van der Waals surface area contributed by atoms with E-state index in [2.05, 4.69) is 0 Å². The molecule has 0 aromatic heterocycles. The second kappa shape index (κ2) is 15.4. The summed E-state index contributed by atoms with van der Waals surface area (Å²) in [6, 6.07) is 13.4. The van der Waals surface area contributed by atoms with E-state index < -0.39 is 43.7 Å². The first-order valence-electron chi connectivity index (χ1n) is 13.1. The zero-order valence-corrected chi connectivity index (χ0v) is 23.6. The molecule has 230 valence electrons. The molecule has 3 aromatic carbocycles. The van der Waals surface area contributed by atoms with E-state index in [1.54, 1.807) is 12.1 Å². The fourth-order valence-electron chi connectivity index (χ4n) is 4.28. The Morgan fingerprint density at radius 1 is 0.571 bits per heavy atom. The van der Waals surface area contributed by atoms with Crippen molar-refractivity contribution in [2.75, 3.05) is 41.2 Å². The van der Waals surface area contributed by atoms with Crippen LogP contribution in [0.4, 0.5) is 0 Å². The van der Waals surface area contributed by atoms with Crippen LogP contribution < -0.4 is 23.7 Å². The van der Waals surface area contributed by atoms with Gasteiger partial charge in [-0.1, -0.05) is 18.2 Å². The zero-order chi connectivity index (χ0) is 30.8. The van der Waals surface area contributed by atoms with Crippen molar-refractivity contribution in [3.63, 3.8) is 0 Å². The van der Waals surface area contributed by atoms with Crippen LogP contribution in [-0.2, 0) is 0 Å². The summed E-state index contributed by atoms with van der Waals surface area (Å²) in [5, 5.41) is 70.9. The Bertz CT molecular complexity index is 1280. The van der Waals surface area contributed by atoms with E-state index in [0.29, 0.717) is 16.7 Å². The topological polar surface area (TPSA) is 188 Å². The fraction of sp³-hybridized carbons (Fsp3) is 0.400. The summed E-state index contributed by atoms with van der Waals surface area (Å²) in [5.74, 6) is 0.856. The predicted molar refractivity (Wildman–Crippen MR) is 150 cm³/mol. The summed E-state index contributed by atoms with van der Waals surface area (Å²) in [5.41, 5.74) is 1.16. The van der Waals surface area contributed by atoms with Crippen molar-refractivity contribution in [1.29, 1.82) is 0 Å². The Morgan fingerprint density at radius 2 is 1.00 bits per heavy atom. The van der Waals surface area contributed by atoms with Gasteiger partial charge >= 0.3 is 0 Å². The van der Waals surface area contributed by atoms with Crippen LogP contribution in [0.3, 0.4) is 0 Å². The average Bonchev–Trinajstić information content (AvgIpc) is 3.02. The number of ether oxygens (including phenoxy) is 5. The van der Waals surface area contributed by atoms with Crippen LogP contribution in [0.25, 0.3) is 0 Å². The monoisotopic (exact) mass is 590 g/mol. The standard InChI is InChI=1S/C30H38O12/c1-38-24-13-18(4-7-21(24)35)29(36)27(15-32)42-23-9-6-19(14-26(23)40-3)30(37)28(16-33)41-22-8-5-17(12-25(22)39-2)20(34)10-11-31/h4-9,12-14,20,27-37H,10-11,15-16H2,1-3H3/t20-,27+,28+,29-,30-/m0/s1. The van der Waals surface area contributed by atoms with Crippen LogP contribution in [0.1, 0.15) is 41.4 Å². The molecule has 7 N–H and O–H groups in total. The van der Waals surface area contributed by atoms with Gasteiger partial charge in [-0.2, -0.15) is 0 Å². The maximum Gasteiger partial charge on any atom is 0.161 e. The minimum Gasteiger partial charge on any atom is -0.504 e. The third-order valence-electron chi connectivity index (χ3n) is 6.67. The molecule has 0 saturated heterocycles. The normalized spacial score (nSPS) is 14.8. The van der Waals surface area contributed by atoms with Crippen molar-refractivity contribution in [2.45, 2.75) is 36.9 Å². The van der Waals surface area contributed by atoms with E-state index in [1.165, 1.54) is 63.8 Å². The van der Waals surface area contributed by atoms with Crippen LogP contribution in [0.15, 0.2) is 54.6 Å². The summed E-state index contributed by atoms with van der Waals surface area (Å²) >= 11 is 0. The highest BCUT2D eigenvalue weighted by Crippen LogP contribution is 2.37. The molecule has 0 aliphatic carbocycles. The van der Waals surface area contributed by atoms with Crippen molar-refractivity contribution >= 4 is 0 Å². The smallest absolute Gasteiger partial charge is 0.161 e. The van der Waals surface area contributed by atoms with Gasteiger partial charge in [0.2, 0.25) is 0 Å². The summed E-state index contributed by atoms with van der Waals surface area (Å²) < 4.78 is 27.6. The number of phenolic OH excluding ortho intramolecular Hbond substituents is 1. The summed E-state index contributed by atoms with van der Waals surface area (Å²) in [6.07, 6.45) is -5.62. The second-order valence-electron chi connectivity index (χ2n) is 9.35. The van der Waals surface area contributed by atoms with Gasteiger partial charge in [-0.15, -0.1) is 0 Å². The molecule has 0 saturated carbocycles. The van der Waals surface area contributed by atoms with Gasteiger partial charge < -0.3 is 59.4 Å². The van der Waals surface area contributed by atoms with Gasteiger partial charge in [-0.3, -0.25) is 0 Å². The predicted octanol–water partition coefficient (Wildman–Crippen LogP) is 1.78. The largest absolute Gasteiger partial charge is 0.504 e. The number of aliphatic hydroxyl groups excluding tert-OH is 6. The number of rotatable bonds is 16. The maximum absolute atomic E-state index is 11.1. The average molecular weight is 591 g/mol. The van der Waals surface area contributed by atoms with E-state index >= 15 is 0 Å². The van der Waals surface area contributed by atoms with Gasteiger partial charge in [0, 0.05) is 13.0 Å². The van der Waals surface area contributed by atoms with Crippen LogP contribution >= 0.6 is 0 Å². The summed E-state index contributed by atoms with van der Waals surface area (Å²) in [6.45, 7) is -1.31. The molecular formula is C30H38O12. The lowest BCUT2D eigenvalue weighted by atomic mass is 10.0. The maximum atomic E-state index is 11.1. The highest BCUT2D eigenvalue weighted by molar-refractivity contribution is 5.46. The van der Waals surface area contributed by atoms with Crippen LogP contribution in [0, 0.1) is 0 Å². The molecule has 3 aromatic rings. The molecule has 0 fully saturated rings. The lowest BCUT2D eigenvalue weighted by Crippen LogP contribution is -2.30. The van der Waals surface area contributed by atoms with Crippen LogP contribution in [-0.4, -0.2) is 89.1 Å². The van der Waals surface area contributed by atoms with Crippen molar-refractivity contribution in [1.82, 2.24) is 0 Å². The molecular weight excluding hydrogens is 552 g/mol. The quantitative estimate of drug-likeness (QED) is 0.128. The number of benzene rings is 3. The minimum atomic E-state index is -1.33. The first-order valence-corrected chi connectivity index (χ1v) is 13.1. The third-order valence-corrected chi connectivity index (χ3v) is 6.67. The Balaban J connectivity index is 1.79. The molecule has 5 atom stereocenters. The van der Waals surface area contributed by atoms with Crippen LogP contribution in [0.2, 0.25) is 0 Å². The number of aliphatic hydroxyl groups is 6. The Hall–Kier alpha value is -3.78. The zero-order valence-electron chi connectivity index (χ0n) is 23.6. The molecule has 12 heteroatoms. The van der Waals surface area contributed by atoms with Crippen molar-refractivity contribution in [3.8, 4) is 34.5 Å².